The maximum atomic E-state index is 14.2. The van der Waals surface area contributed by atoms with E-state index in [0.717, 1.165) is 6.42 Å². The van der Waals surface area contributed by atoms with E-state index < -0.39 is 5.82 Å². The molecule has 2 aromatic carbocycles. The van der Waals surface area contributed by atoms with Gasteiger partial charge in [-0.05, 0) is 30.7 Å². The van der Waals surface area contributed by atoms with E-state index in [0.29, 0.717) is 46.5 Å². The van der Waals surface area contributed by atoms with Gasteiger partial charge in [-0.1, -0.05) is 11.6 Å². The normalized spacial score (nSPS) is 22.8. The van der Waals surface area contributed by atoms with Gasteiger partial charge in [0.15, 0.2) is 17.6 Å². The first-order valence-electron chi connectivity index (χ1n) is 9.57. The zero-order chi connectivity index (χ0) is 20.7. The van der Waals surface area contributed by atoms with E-state index in [2.05, 4.69) is 15.3 Å². The van der Waals surface area contributed by atoms with Gasteiger partial charge >= 0.3 is 0 Å². The average molecular weight is 432 g/mol. The first kappa shape index (κ1) is 19.3. The molecule has 5 rings (SSSR count). The van der Waals surface area contributed by atoms with Crippen LogP contribution >= 0.6 is 11.6 Å². The summed E-state index contributed by atoms with van der Waals surface area (Å²) in [6.45, 7) is 1.14. The van der Waals surface area contributed by atoms with Gasteiger partial charge in [0.1, 0.15) is 24.1 Å². The molecule has 2 aliphatic rings. The smallest absolute Gasteiger partial charge is 0.164 e. The Bertz CT molecular complexity index is 1100. The van der Waals surface area contributed by atoms with E-state index in [9.17, 15) is 4.39 Å². The van der Waals surface area contributed by atoms with Crippen molar-refractivity contribution in [2.45, 2.75) is 24.7 Å². The molecule has 3 heterocycles. The highest BCUT2D eigenvalue weighted by Gasteiger charge is 2.43. The van der Waals surface area contributed by atoms with Gasteiger partial charge in [-0.3, -0.25) is 0 Å². The van der Waals surface area contributed by atoms with Crippen LogP contribution in [0.3, 0.4) is 0 Å². The summed E-state index contributed by atoms with van der Waals surface area (Å²) in [5, 5.41) is 3.97. The van der Waals surface area contributed by atoms with Crippen molar-refractivity contribution < 1.29 is 23.3 Å². The fourth-order valence-corrected chi connectivity index (χ4v) is 3.99. The Morgan fingerprint density at radius 1 is 1.17 bits per heavy atom. The van der Waals surface area contributed by atoms with E-state index in [1.807, 2.05) is 0 Å². The maximum absolute atomic E-state index is 14.2. The second kappa shape index (κ2) is 7.86. The largest absolute Gasteiger partial charge is 0.493 e. The Morgan fingerprint density at radius 2 is 2.07 bits per heavy atom. The molecule has 0 bridgehead atoms. The third kappa shape index (κ3) is 3.51. The molecule has 7 nitrogen and oxygen atoms in total. The molecular formula is C21H19ClFN3O4. The molecule has 1 N–H and O–H groups in total. The lowest BCUT2D eigenvalue weighted by molar-refractivity contribution is 0.0298. The molecule has 2 fully saturated rings. The number of nitrogens with zero attached hydrogens (tertiary/aromatic N) is 2. The van der Waals surface area contributed by atoms with Crippen LogP contribution in [0.4, 0.5) is 15.9 Å². The van der Waals surface area contributed by atoms with Gasteiger partial charge in [-0.15, -0.1) is 0 Å². The Labute approximate surface area is 177 Å². The molecule has 0 radical (unpaired) electrons. The number of hydrogen-bond acceptors (Lipinski definition) is 7. The number of anilines is 2. The number of aromatic nitrogens is 2. The van der Waals surface area contributed by atoms with Crippen molar-refractivity contribution in [2.75, 3.05) is 25.6 Å². The minimum absolute atomic E-state index is 0.0776. The summed E-state index contributed by atoms with van der Waals surface area (Å²) < 4.78 is 37.5. The molecular weight excluding hydrogens is 413 g/mol. The van der Waals surface area contributed by atoms with Crippen LogP contribution < -0.4 is 14.8 Å². The lowest BCUT2D eigenvalue weighted by atomic mass is 10.1. The molecule has 156 valence electrons. The number of nitrogens with one attached hydrogen (secondary N) is 1. The molecule has 2 saturated heterocycles. The van der Waals surface area contributed by atoms with Crippen molar-refractivity contribution in [1.82, 2.24) is 9.97 Å². The predicted molar refractivity (Wildman–Crippen MR) is 109 cm³/mol. The fraction of sp³-hybridized carbons (Fsp3) is 0.333. The minimum Gasteiger partial charge on any atom is -0.493 e. The van der Waals surface area contributed by atoms with Crippen molar-refractivity contribution in [3.8, 4) is 11.5 Å². The van der Waals surface area contributed by atoms with Gasteiger partial charge in [0.05, 0.1) is 31.0 Å². The van der Waals surface area contributed by atoms with Crippen molar-refractivity contribution in [1.29, 1.82) is 0 Å². The average Bonchev–Trinajstić information content (AvgIpc) is 3.35. The molecule has 3 aromatic rings. The van der Waals surface area contributed by atoms with Crippen molar-refractivity contribution in [3.63, 3.8) is 0 Å². The minimum atomic E-state index is -0.478. The summed E-state index contributed by atoms with van der Waals surface area (Å²) in [4.78, 5) is 8.59. The van der Waals surface area contributed by atoms with Crippen LogP contribution in [0.15, 0.2) is 36.7 Å². The summed E-state index contributed by atoms with van der Waals surface area (Å²) >= 11 is 5.83. The van der Waals surface area contributed by atoms with E-state index in [1.54, 1.807) is 31.4 Å². The summed E-state index contributed by atoms with van der Waals surface area (Å²) in [6, 6.07) is 7.94. The van der Waals surface area contributed by atoms with E-state index in [1.165, 1.54) is 12.4 Å². The highest BCUT2D eigenvalue weighted by Crippen LogP contribution is 2.38. The van der Waals surface area contributed by atoms with Crippen LogP contribution in [0.2, 0.25) is 5.02 Å². The predicted octanol–water partition coefficient (Wildman–Crippen LogP) is 4.11. The first-order valence-corrected chi connectivity index (χ1v) is 9.95. The molecule has 0 spiro atoms. The zero-order valence-corrected chi connectivity index (χ0v) is 16.9. The van der Waals surface area contributed by atoms with E-state index in [4.69, 9.17) is 30.5 Å². The lowest BCUT2D eigenvalue weighted by Crippen LogP contribution is -2.32. The Hall–Kier alpha value is -2.68. The molecule has 3 atom stereocenters. The van der Waals surface area contributed by atoms with Crippen LogP contribution in [-0.4, -0.2) is 48.6 Å². The number of hydrogen-bond donors (Lipinski definition) is 1. The molecule has 0 aliphatic carbocycles. The van der Waals surface area contributed by atoms with Gasteiger partial charge in [-0.2, -0.15) is 0 Å². The molecule has 9 heteroatoms. The highest BCUT2D eigenvalue weighted by atomic mass is 35.5. The van der Waals surface area contributed by atoms with Gasteiger partial charge in [0.25, 0.3) is 0 Å². The van der Waals surface area contributed by atoms with Crippen LogP contribution in [0.1, 0.15) is 6.42 Å². The fourth-order valence-electron chi connectivity index (χ4n) is 3.83. The Morgan fingerprint density at radius 3 is 2.90 bits per heavy atom. The number of halogens is 2. The van der Waals surface area contributed by atoms with Crippen LogP contribution in [-0.2, 0) is 9.47 Å². The molecule has 0 amide bonds. The second-order valence-corrected chi connectivity index (χ2v) is 7.58. The van der Waals surface area contributed by atoms with Gasteiger partial charge in [0.2, 0.25) is 0 Å². The van der Waals surface area contributed by atoms with E-state index in [-0.39, 0.29) is 24.0 Å². The number of ether oxygens (including phenoxy) is 4. The zero-order valence-electron chi connectivity index (χ0n) is 16.1. The first-order chi connectivity index (χ1) is 14.6. The van der Waals surface area contributed by atoms with Crippen LogP contribution in [0.5, 0.6) is 11.5 Å². The SMILES string of the molecule is COc1cc2c(Nc3ccc(Cl)cc3F)ncnc2cc1O[C@@H]1COC2CCOC21. The van der Waals surface area contributed by atoms with Gasteiger partial charge in [0, 0.05) is 23.1 Å². The molecule has 0 saturated carbocycles. The summed E-state index contributed by atoms with van der Waals surface area (Å²) in [5.74, 6) is 1.01. The Balaban J connectivity index is 1.48. The number of methoxy groups -OCH3 is 1. The number of benzene rings is 2. The van der Waals surface area contributed by atoms with Crippen molar-refractivity contribution >= 4 is 34.0 Å². The third-order valence-electron chi connectivity index (χ3n) is 5.30. The molecule has 30 heavy (non-hydrogen) atoms. The molecule has 2 unspecified atom stereocenters. The van der Waals surface area contributed by atoms with E-state index >= 15 is 0 Å². The van der Waals surface area contributed by atoms with Gasteiger partial charge in [-0.25, -0.2) is 14.4 Å². The molecule has 1 aromatic heterocycles. The standard InChI is InChI=1S/C21H19ClFN3O4/c1-27-17-7-12-15(8-18(17)30-19-9-29-16-4-5-28-20(16)19)24-10-25-21(12)26-14-3-2-11(22)6-13(14)23/h2-3,6-8,10,16,19-20H,4-5,9H2,1H3,(H,24,25,26)/t16?,19-,20?/m1/s1. The number of fused-ring (bicyclic) bond motifs is 2. The summed E-state index contributed by atoms with van der Waals surface area (Å²) in [6.07, 6.45) is 2.06. The monoisotopic (exact) mass is 431 g/mol. The summed E-state index contributed by atoms with van der Waals surface area (Å²) in [5.41, 5.74) is 0.881. The number of rotatable bonds is 5. The quantitative estimate of drug-likeness (QED) is 0.651. The topological polar surface area (TPSA) is 74.7 Å². The summed E-state index contributed by atoms with van der Waals surface area (Å²) in [7, 11) is 1.56. The van der Waals surface area contributed by atoms with Gasteiger partial charge < -0.3 is 24.3 Å². The highest BCUT2D eigenvalue weighted by molar-refractivity contribution is 6.30. The lowest BCUT2D eigenvalue weighted by Gasteiger charge is -2.20. The van der Waals surface area contributed by atoms with Crippen LogP contribution in [0.25, 0.3) is 10.9 Å². The second-order valence-electron chi connectivity index (χ2n) is 7.14. The van der Waals surface area contributed by atoms with Crippen LogP contribution in [0, 0.1) is 5.82 Å². The van der Waals surface area contributed by atoms with Crippen molar-refractivity contribution in [2.24, 2.45) is 0 Å². The Kier molecular flexibility index (Phi) is 5.06. The maximum Gasteiger partial charge on any atom is 0.164 e. The molecule has 2 aliphatic heterocycles. The third-order valence-corrected chi connectivity index (χ3v) is 5.54. The van der Waals surface area contributed by atoms with Crippen molar-refractivity contribution in [3.05, 3.63) is 47.5 Å².